The van der Waals surface area contributed by atoms with Crippen LogP contribution in [0, 0.1) is 17.1 Å². The fraction of sp³-hybridized carbons (Fsp3) is 0.0500. The molecule has 4 rings (SSSR count). The summed E-state index contributed by atoms with van der Waals surface area (Å²) in [4.78, 5) is 12.4. The smallest absolute Gasteiger partial charge is 0.277 e. The molecule has 0 spiro atoms. The van der Waals surface area contributed by atoms with Gasteiger partial charge in [-0.2, -0.15) is 10.4 Å². The van der Waals surface area contributed by atoms with E-state index in [0.717, 1.165) is 5.56 Å². The number of nitrogens with one attached hydrogen (secondary N) is 1. The molecule has 0 unspecified atom stereocenters. The van der Waals surface area contributed by atoms with Crippen LogP contribution < -0.4 is 5.32 Å². The van der Waals surface area contributed by atoms with Gasteiger partial charge in [-0.3, -0.25) is 10.1 Å². The minimum absolute atomic E-state index is 0.139. The molecule has 0 bridgehead atoms. The second kappa shape index (κ2) is 8.86. The van der Waals surface area contributed by atoms with Crippen molar-refractivity contribution in [3.8, 4) is 11.8 Å². The summed E-state index contributed by atoms with van der Waals surface area (Å²) in [5.41, 5.74) is 2.06. The highest BCUT2D eigenvalue weighted by atomic mass is 32.2. The minimum Gasteiger partial charge on any atom is -0.295 e. The van der Waals surface area contributed by atoms with Gasteiger partial charge >= 0.3 is 0 Å². The molecule has 0 saturated heterocycles. The quantitative estimate of drug-likeness (QED) is 0.358. The van der Waals surface area contributed by atoms with Crippen LogP contribution in [-0.4, -0.2) is 25.9 Å². The third-order valence-electron chi connectivity index (χ3n) is 3.99. The van der Waals surface area contributed by atoms with Gasteiger partial charge in [0.25, 0.3) is 5.91 Å². The van der Waals surface area contributed by atoms with Crippen molar-refractivity contribution in [1.29, 1.82) is 5.26 Å². The number of nitriles is 1. The Morgan fingerprint density at radius 2 is 1.97 bits per heavy atom. The molecule has 0 aliphatic carbocycles. The summed E-state index contributed by atoms with van der Waals surface area (Å²) in [6.07, 6.45) is 1.52. The van der Waals surface area contributed by atoms with E-state index in [1.54, 1.807) is 30.3 Å². The summed E-state index contributed by atoms with van der Waals surface area (Å²) in [6.45, 7) is 0. The van der Waals surface area contributed by atoms with Crippen LogP contribution in [0.4, 0.5) is 9.52 Å². The Morgan fingerprint density at radius 1 is 1.17 bits per heavy atom. The summed E-state index contributed by atoms with van der Waals surface area (Å²) in [6, 6.07) is 17.1. The van der Waals surface area contributed by atoms with Crippen LogP contribution >= 0.6 is 23.1 Å². The summed E-state index contributed by atoms with van der Waals surface area (Å²) in [5, 5.41) is 24.0. The first kappa shape index (κ1) is 19.8. The number of para-hydroxylation sites is 1. The number of benzene rings is 2. The Balaban J connectivity index is 1.37. The lowest BCUT2D eigenvalue weighted by Crippen LogP contribution is -2.13. The van der Waals surface area contributed by atoms with Gasteiger partial charge in [-0.15, -0.1) is 10.2 Å². The molecule has 2 heterocycles. The molecule has 0 aliphatic heterocycles. The van der Waals surface area contributed by atoms with Gasteiger partial charge in [0.1, 0.15) is 11.5 Å². The predicted molar refractivity (Wildman–Crippen MR) is 112 cm³/mol. The first-order chi connectivity index (χ1) is 14.6. The maximum Gasteiger partial charge on any atom is 0.277 e. The van der Waals surface area contributed by atoms with Gasteiger partial charge in [0.2, 0.25) is 5.13 Å². The molecule has 0 aliphatic rings. The van der Waals surface area contributed by atoms with Crippen LogP contribution in [0.5, 0.6) is 0 Å². The number of thioether (sulfide) groups is 1. The molecule has 1 N–H and O–H groups in total. The normalized spacial score (nSPS) is 10.5. The highest BCUT2D eigenvalue weighted by molar-refractivity contribution is 8.00. The van der Waals surface area contributed by atoms with Crippen molar-refractivity contribution >= 4 is 34.1 Å². The number of hydrogen-bond donors (Lipinski definition) is 1. The molecule has 0 radical (unpaired) electrons. The summed E-state index contributed by atoms with van der Waals surface area (Å²) < 4.78 is 15.9. The standard InChI is InChI=1S/C20H13FN6OS2/c21-15-3-1-2-4-17(15)27-10-9-16(26-27)18(28)23-19-24-25-20(30-19)29-12-14-7-5-13(11-22)6-8-14/h1-10H,12H2,(H,23,24,28). The molecule has 0 saturated carbocycles. The molecule has 0 atom stereocenters. The van der Waals surface area contributed by atoms with E-state index in [2.05, 4.69) is 26.7 Å². The van der Waals surface area contributed by atoms with Crippen molar-refractivity contribution in [2.45, 2.75) is 10.1 Å². The number of carbonyl (C=O) groups is 1. The highest BCUT2D eigenvalue weighted by Crippen LogP contribution is 2.28. The maximum atomic E-state index is 13.9. The highest BCUT2D eigenvalue weighted by Gasteiger charge is 2.14. The lowest BCUT2D eigenvalue weighted by Gasteiger charge is -2.02. The Hall–Kier alpha value is -3.55. The molecule has 30 heavy (non-hydrogen) atoms. The van der Waals surface area contributed by atoms with Gasteiger partial charge in [0, 0.05) is 11.9 Å². The topological polar surface area (TPSA) is 96.5 Å². The van der Waals surface area contributed by atoms with E-state index < -0.39 is 11.7 Å². The number of nitrogens with zero attached hydrogens (tertiary/aromatic N) is 5. The fourth-order valence-electron chi connectivity index (χ4n) is 2.52. The first-order valence-corrected chi connectivity index (χ1v) is 10.5. The van der Waals surface area contributed by atoms with Gasteiger partial charge in [0.15, 0.2) is 10.0 Å². The Kier molecular flexibility index (Phi) is 5.83. The monoisotopic (exact) mass is 436 g/mol. The Bertz CT molecular complexity index is 1230. The Morgan fingerprint density at radius 3 is 2.73 bits per heavy atom. The Labute approximate surface area is 179 Å². The third-order valence-corrected chi connectivity index (χ3v) is 6.04. The third kappa shape index (κ3) is 4.53. The molecule has 148 valence electrons. The zero-order valence-electron chi connectivity index (χ0n) is 15.3. The van der Waals surface area contributed by atoms with Crippen molar-refractivity contribution in [1.82, 2.24) is 20.0 Å². The number of hydrogen-bond acceptors (Lipinski definition) is 7. The van der Waals surface area contributed by atoms with E-state index in [1.165, 1.54) is 46.1 Å². The molecule has 1 amide bonds. The molecule has 10 heteroatoms. The maximum absolute atomic E-state index is 13.9. The van der Waals surface area contributed by atoms with Crippen LogP contribution in [0.25, 0.3) is 5.69 Å². The molecular formula is C20H13FN6OS2. The average Bonchev–Trinajstić information content (AvgIpc) is 3.43. The lowest BCUT2D eigenvalue weighted by atomic mass is 10.2. The molecule has 4 aromatic rings. The first-order valence-electron chi connectivity index (χ1n) is 8.69. The second-order valence-corrected chi connectivity index (χ2v) is 8.22. The van der Waals surface area contributed by atoms with Crippen molar-refractivity contribution in [2.75, 3.05) is 5.32 Å². The number of halogens is 1. The minimum atomic E-state index is -0.454. The summed E-state index contributed by atoms with van der Waals surface area (Å²) in [5.74, 6) is -0.216. The van der Waals surface area contributed by atoms with Crippen molar-refractivity contribution in [3.63, 3.8) is 0 Å². The molecule has 2 aromatic carbocycles. The summed E-state index contributed by atoms with van der Waals surface area (Å²) in [7, 11) is 0. The number of amides is 1. The van der Waals surface area contributed by atoms with Crippen LogP contribution in [-0.2, 0) is 5.75 Å². The number of rotatable bonds is 6. The van der Waals surface area contributed by atoms with Gasteiger partial charge in [-0.05, 0) is 35.9 Å². The van der Waals surface area contributed by atoms with E-state index in [9.17, 15) is 9.18 Å². The second-order valence-electron chi connectivity index (χ2n) is 6.02. The van der Waals surface area contributed by atoms with Crippen LogP contribution in [0.1, 0.15) is 21.6 Å². The van der Waals surface area contributed by atoms with Crippen molar-refractivity contribution in [3.05, 3.63) is 83.4 Å². The van der Waals surface area contributed by atoms with Gasteiger partial charge in [0.05, 0.1) is 11.6 Å². The molecule has 2 aromatic heterocycles. The number of carbonyl (C=O) groups excluding carboxylic acids is 1. The van der Waals surface area contributed by atoms with Crippen molar-refractivity contribution < 1.29 is 9.18 Å². The number of aromatic nitrogens is 4. The fourth-order valence-corrected chi connectivity index (χ4v) is 4.22. The summed E-state index contributed by atoms with van der Waals surface area (Å²) >= 11 is 2.73. The van der Waals surface area contributed by atoms with Crippen LogP contribution in [0.2, 0.25) is 0 Å². The van der Waals surface area contributed by atoms with Gasteiger partial charge < -0.3 is 0 Å². The van der Waals surface area contributed by atoms with E-state index >= 15 is 0 Å². The van der Waals surface area contributed by atoms with E-state index in [4.69, 9.17) is 5.26 Å². The van der Waals surface area contributed by atoms with Crippen LogP contribution in [0.3, 0.4) is 0 Å². The van der Waals surface area contributed by atoms with Crippen molar-refractivity contribution in [2.24, 2.45) is 0 Å². The van der Waals surface area contributed by atoms with E-state index in [-0.39, 0.29) is 11.4 Å². The zero-order valence-corrected chi connectivity index (χ0v) is 17.0. The number of anilines is 1. The predicted octanol–water partition coefficient (Wildman–Crippen LogP) is 4.28. The zero-order chi connectivity index (χ0) is 20.9. The average molecular weight is 436 g/mol. The molecule has 7 nitrogen and oxygen atoms in total. The lowest BCUT2D eigenvalue weighted by molar-refractivity contribution is 0.102. The van der Waals surface area contributed by atoms with Gasteiger partial charge in [-0.1, -0.05) is 47.4 Å². The molecule has 0 fully saturated rings. The van der Waals surface area contributed by atoms with Gasteiger partial charge in [-0.25, -0.2) is 9.07 Å². The largest absolute Gasteiger partial charge is 0.295 e. The molecular weight excluding hydrogens is 423 g/mol. The van der Waals surface area contributed by atoms with E-state index in [1.807, 2.05) is 12.1 Å². The SMILES string of the molecule is N#Cc1ccc(CSc2nnc(NC(=O)c3ccn(-c4ccccc4F)n3)s2)cc1. The van der Waals surface area contributed by atoms with E-state index in [0.29, 0.717) is 20.8 Å². The van der Waals surface area contributed by atoms with Crippen LogP contribution in [0.15, 0.2) is 65.1 Å².